The van der Waals surface area contributed by atoms with Gasteiger partial charge in [0.05, 0.1) is 6.26 Å². The first-order valence-electron chi connectivity index (χ1n) is 6.23. The van der Waals surface area contributed by atoms with Crippen molar-refractivity contribution in [1.82, 2.24) is 5.32 Å². The number of furan rings is 1. The summed E-state index contributed by atoms with van der Waals surface area (Å²) < 4.78 is 17.6. The molecule has 0 atom stereocenters. The lowest BCUT2D eigenvalue weighted by Gasteiger charge is -2.04. The van der Waals surface area contributed by atoms with Crippen LogP contribution in [0.2, 0.25) is 0 Å². The Morgan fingerprint density at radius 1 is 1.10 bits per heavy atom. The van der Waals surface area contributed by atoms with Crippen LogP contribution in [0.4, 0.5) is 4.39 Å². The molecule has 0 saturated carbocycles. The van der Waals surface area contributed by atoms with E-state index in [4.69, 9.17) is 4.42 Å². The summed E-state index contributed by atoms with van der Waals surface area (Å²) in [5, 5.41) is 2.67. The van der Waals surface area contributed by atoms with Gasteiger partial charge in [0.2, 0.25) is 5.91 Å². The smallest absolute Gasteiger partial charge is 0.220 e. The van der Waals surface area contributed by atoms with Crippen LogP contribution in [0.25, 0.3) is 0 Å². The van der Waals surface area contributed by atoms with E-state index >= 15 is 0 Å². The Labute approximate surface area is 115 Å². The molecule has 1 aromatic carbocycles. The number of rotatable bonds is 6. The minimum atomic E-state index is -0.316. The van der Waals surface area contributed by atoms with Crippen LogP contribution < -0.4 is 5.32 Å². The van der Waals surface area contributed by atoms with Gasteiger partial charge in [0, 0.05) is 19.4 Å². The Morgan fingerprint density at radius 3 is 2.50 bits per heavy atom. The molecule has 2 aromatic rings. The third kappa shape index (κ3) is 4.05. The van der Waals surface area contributed by atoms with Gasteiger partial charge >= 0.3 is 0 Å². The highest BCUT2D eigenvalue weighted by Crippen LogP contribution is 2.06. The van der Waals surface area contributed by atoms with E-state index in [1.807, 2.05) is 0 Å². The van der Waals surface area contributed by atoms with E-state index in [0.29, 0.717) is 6.54 Å². The summed E-state index contributed by atoms with van der Waals surface area (Å²) in [6.45, 7) is 0.314. The molecule has 1 heterocycles. The summed E-state index contributed by atoms with van der Waals surface area (Å²) in [6, 6.07) is 9.07. The van der Waals surface area contributed by atoms with Gasteiger partial charge in [-0.25, -0.2) is 4.39 Å². The van der Waals surface area contributed by atoms with E-state index in [-0.39, 0.29) is 36.1 Å². The lowest BCUT2D eigenvalue weighted by Crippen LogP contribution is -2.23. The average Bonchev–Trinajstić information content (AvgIpc) is 2.98. The monoisotopic (exact) mass is 275 g/mol. The second-order valence-electron chi connectivity index (χ2n) is 4.30. The molecule has 0 bridgehead atoms. The van der Waals surface area contributed by atoms with Crippen LogP contribution in [0.15, 0.2) is 47.1 Å². The summed E-state index contributed by atoms with van der Waals surface area (Å²) >= 11 is 0. The molecule has 1 amide bonds. The maximum absolute atomic E-state index is 12.7. The van der Waals surface area contributed by atoms with Gasteiger partial charge in [0.1, 0.15) is 5.82 Å². The first-order chi connectivity index (χ1) is 9.65. The van der Waals surface area contributed by atoms with Crippen LogP contribution in [0.5, 0.6) is 0 Å². The fourth-order valence-corrected chi connectivity index (χ4v) is 1.68. The molecule has 0 radical (unpaired) electrons. The highest BCUT2D eigenvalue weighted by atomic mass is 19.1. The fourth-order valence-electron chi connectivity index (χ4n) is 1.68. The molecule has 0 fully saturated rings. The number of nitrogens with one attached hydrogen (secondary N) is 1. The maximum atomic E-state index is 12.7. The molecule has 5 heteroatoms. The Bertz CT molecular complexity index is 576. The number of halogens is 1. The van der Waals surface area contributed by atoms with E-state index < -0.39 is 0 Å². The third-order valence-electron chi connectivity index (χ3n) is 2.78. The Morgan fingerprint density at radius 2 is 1.85 bits per heavy atom. The van der Waals surface area contributed by atoms with E-state index in [1.165, 1.54) is 18.4 Å². The van der Waals surface area contributed by atoms with Crippen molar-refractivity contribution in [3.05, 3.63) is 59.8 Å². The second-order valence-corrected chi connectivity index (χ2v) is 4.30. The van der Waals surface area contributed by atoms with Gasteiger partial charge in [-0.15, -0.1) is 0 Å². The molecule has 20 heavy (non-hydrogen) atoms. The highest BCUT2D eigenvalue weighted by molar-refractivity contribution is 5.95. The van der Waals surface area contributed by atoms with Crippen LogP contribution >= 0.6 is 0 Å². The van der Waals surface area contributed by atoms with Crippen LogP contribution in [0.3, 0.4) is 0 Å². The van der Waals surface area contributed by atoms with Crippen molar-refractivity contribution in [2.45, 2.75) is 19.4 Å². The van der Waals surface area contributed by atoms with Crippen molar-refractivity contribution in [1.29, 1.82) is 0 Å². The number of ketones is 1. The first-order valence-corrected chi connectivity index (χ1v) is 6.23. The predicted octanol–water partition coefficient (Wildman–Crippen LogP) is 2.70. The molecule has 4 nitrogen and oxygen atoms in total. The lowest BCUT2D eigenvalue weighted by molar-refractivity contribution is -0.121. The van der Waals surface area contributed by atoms with Gasteiger partial charge in [-0.2, -0.15) is 0 Å². The molecule has 104 valence electrons. The highest BCUT2D eigenvalue weighted by Gasteiger charge is 2.11. The van der Waals surface area contributed by atoms with Crippen molar-refractivity contribution < 1.29 is 18.4 Å². The zero-order valence-corrected chi connectivity index (χ0v) is 10.8. The topological polar surface area (TPSA) is 59.3 Å². The number of benzene rings is 1. The Kier molecular flexibility index (Phi) is 4.65. The van der Waals surface area contributed by atoms with Gasteiger partial charge in [-0.05, 0) is 29.8 Å². The summed E-state index contributed by atoms with van der Waals surface area (Å²) in [7, 11) is 0. The van der Waals surface area contributed by atoms with Crippen molar-refractivity contribution in [2.75, 3.05) is 0 Å². The summed E-state index contributed by atoms with van der Waals surface area (Å²) in [4.78, 5) is 23.2. The maximum Gasteiger partial charge on any atom is 0.220 e. The Hall–Kier alpha value is -2.43. The van der Waals surface area contributed by atoms with Crippen LogP contribution in [0, 0.1) is 5.82 Å². The number of amides is 1. The average molecular weight is 275 g/mol. The molecule has 0 unspecified atom stereocenters. The number of carbonyl (C=O) groups excluding carboxylic acids is 2. The zero-order valence-electron chi connectivity index (χ0n) is 10.8. The van der Waals surface area contributed by atoms with Crippen LogP contribution in [0.1, 0.15) is 29.0 Å². The molecule has 2 rings (SSSR count). The summed E-state index contributed by atoms with van der Waals surface area (Å²) in [6.07, 6.45) is 1.62. The van der Waals surface area contributed by atoms with E-state index in [2.05, 4.69) is 5.32 Å². The zero-order chi connectivity index (χ0) is 14.4. The summed E-state index contributed by atoms with van der Waals surface area (Å²) in [5.41, 5.74) is 0.803. The molecule has 0 aliphatic carbocycles. The van der Waals surface area contributed by atoms with Crippen LogP contribution in [-0.2, 0) is 11.3 Å². The van der Waals surface area contributed by atoms with E-state index in [9.17, 15) is 14.0 Å². The van der Waals surface area contributed by atoms with E-state index in [1.54, 1.807) is 24.3 Å². The second kappa shape index (κ2) is 6.65. The minimum Gasteiger partial charge on any atom is -0.461 e. The van der Waals surface area contributed by atoms with Crippen molar-refractivity contribution >= 4 is 11.7 Å². The first kappa shape index (κ1) is 14.0. The van der Waals surface area contributed by atoms with Gasteiger partial charge in [-0.1, -0.05) is 12.1 Å². The van der Waals surface area contributed by atoms with Crippen molar-refractivity contribution in [3.8, 4) is 0 Å². The molecule has 1 aromatic heterocycles. The predicted molar refractivity (Wildman–Crippen MR) is 70.5 cm³/mol. The molecular formula is C15H14FNO3. The standard InChI is InChI=1S/C15H14FNO3/c16-12-5-3-11(4-6-12)10-17-15(19)8-7-13(18)14-2-1-9-20-14/h1-6,9H,7-8,10H2,(H,17,19). The lowest BCUT2D eigenvalue weighted by atomic mass is 10.1. The fraction of sp³-hybridized carbons (Fsp3) is 0.200. The molecule has 1 N–H and O–H groups in total. The van der Waals surface area contributed by atoms with E-state index in [0.717, 1.165) is 5.56 Å². The number of hydrogen-bond donors (Lipinski definition) is 1. The largest absolute Gasteiger partial charge is 0.461 e. The quantitative estimate of drug-likeness (QED) is 0.824. The number of Topliss-reactive ketones (excluding diaryl/α,β-unsaturated/α-hetero) is 1. The number of carbonyl (C=O) groups is 2. The minimum absolute atomic E-state index is 0.0979. The molecule has 0 saturated heterocycles. The SMILES string of the molecule is O=C(CCC(=O)c1ccco1)NCc1ccc(F)cc1. The molecule has 0 aliphatic rings. The van der Waals surface area contributed by atoms with Gasteiger partial charge < -0.3 is 9.73 Å². The Balaban J connectivity index is 1.73. The molecule has 0 aliphatic heterocycles. The molecular weight excluding hydrogens is 261 g/mol. The summed E-state index contributed by atoms with van der Waals surface area (Å²) in [5.74, 6) is -0.485. The third-order valence-corrected chi connectivity index (χ3v) is 2.78. The molecule has 0 spiro atoms. The number of hydrogen-bond acceptors (Lipinski definition) is 3. The normalized spacial score (nSPS) is 10.2. The van der Waals surface area contributed by atoms with Gasteiger partial charge in [-0.3, -0.25) is 9.59 Å². The van der Waals surface area contributed by atoms with Gasteiger partial charge in [0.25, 0.3) is 0 Å². The van der Waals surface area contributed by atoms with Crippen molar-refractivity contribution in [3.63, 3.8) is 0 Å². The van der Waals surface area contributed by atoms with Gasteiger partial charge in [0.15, 0.2) is 11.5 Å². The van der Waals surface area contributed by atoms with Crippen LogP contribution in [-0.4, -0.2) is 11.7 Å². The van der Waals surface area contributed by atoms with Crippen molar-refractivity contribution in [2.24, 2.45) is 0 Å².